The van der Waals surface area contributed by atoms with Gasteiger partial charge in [0.25, 0.3) is 0 Å². The molecule has 0 aliphatic heterocycles. The van der Waals surface area contributed by atoms with E-state index in [0.717, 1.165) is 26.0 Å². The Morgan fingerprint density at radius 2 is 2.15 bits per heavy atom. The minimum atomic E-state index is -0.764. The Bertz CT molecular complexity index is 128. The summed E-state index contributed by atoms with van der Waals surface area (Å²) in [6.45, 7) is 4.84. The Balaban J connectivity index is 2.87. The van der Waals surface area contributed by atoms with Crippen LogP contribution in [0.15, 0.2) is 0 Å². The van der Waals surface area contributed by atoms with Gasteiger partial charge in [-0.15, -0.1) is 0 Å². The van der Waals surface area contributed by atoms with Crippen LogP contribution >= 0.6 is 0 Å². The summed E-state index contributed by atoms with van der Waals surface area (Å²) in [5, 5.41) is 11.3. The van der Waals surface area contributed by atoms with Gasteiger partial charge in [0.05, 0.1) is 13.0 Å². The minimum Gasteiger partial charge on any atom is -0.481 e. The van der Waals surface area contributed by atoms with Gasteiger partial charge < -0.3 is 15.2 Å². The van der Waals surface area contributed by atoms with Crippen LogP contribution in [0, 0.1) is 0 Å². The van der Waals surface area contributed by atoms with Gasteiger partial charge in [0, 0.05) is 19.7 Å². The number of ether oxygens (including phenoxy) is 1. The molecule has 0 bridgehead atoms. The summed E-state index contributed by atoms with van der Waals surface area (Å²) in [6, 6.07) is 0. The third-order valence-corrected chi connectivity index (χ3v) is 1.58. The summed E-state index contributed by atoms with van der Waals surface area (Å²) in [4.78, 5) is 10.1. The molecule has 0 radical (unpaired) electrons. The molecule has 0 aliphatic rings. The minimum absolute atomic E-state index is 0.176. The second kappa shape index (κ2) is 9.48. The lowest BCUT2D eigenvalue weighted by Gasteiger charge is -2.03. The SMILES string of the molecule is CCCCOCCNCCC(=O)O. The van der Waals surface area contributed by atoms with Crippen LogP contribution in [0.4, 0.5) is 0 Å². The van der Waals surface area contributed by atoms with Crippen LogP contribution in [0.3, 0.4) is 0 Å². The first-order valence-corrected chi connectivity index (χ1v) is 4.77. The summed E-state index contributed by atoms with van der Waals surface area (Å²) in [5.41, 5.74) is 0. The first-order valence-electron chi connectivity index (χ1n) is 4.77. The molecule has 0 aliphatic carbocycles. The van der Waals surface area contributed by atoms with Crippen molar-refractivity contribution < 1.29 is 14.6 Å². The van der Waals surface area contributed by atoms with Crippen LogP contribution in [0.5, 0.6) is 0 Å². The number of nitrogens with one attached hydrogen (secondary N) is 1. The van der Waals surface area contributed by atoms with E-state index in [-0.39, 0.29) is 6.42 Å². The summed E-state index contributed by atoms with van der Waals surface area (Å²) in [7, 11) is 0. The van der Waals surface area contributed by atoms with Gasteiger partial charge >= 0.3 is 5.97 Å². The Hall–Kier alpha value is -0.610. The van der Waals surface area contributed by atoms with Gasteiger partial charge in [-0.05, 0) is 6.42 Å². The molecule has 0 aromatic rings. The largest absolute Gasteiger partial charge is 0.481 e. The van der Waals surface area contributed by atoms with Crippen LogP contribution in [0.2, 0.25) is 0 Å². The van der Waals surface area contributed by atoms with Crippen molar-refractivity contribution in [2.45, 2.75) is 26.2 Å². The van der Waals surface area contributed by atoms with Gasteiger partial charge in [-0.1, -0.05) is 13.3 Å². The van der Waals surface area contributed by atoms with E-state index >= 15 is 0 Å². The van der Waals surface area contributed by atoms with Crippen molar-refractivity contribution in [1.29, 1.82) is 0 Å². The molecule has 4 heteroatoms. The van der Waals surface area contributed by atoms with Gasteiger partial charge in [-0.3, -0.25) is 4.79 Å². The van der Waals surface area contributed by atoms with Gasteiger partial charge in [0.1, 0.15) is 0 Å². The monoisotopic (exact) mass is 189 g/mol. The van der Waals surface area contributed by atoms with Crippen LogP contribution in [-0.2, 0) is 9.53 Å². The Kier molecular flexibility index (Phi) is 9.03. The number of rotatable bonds is 9. The first-order chi connectivity index (χ1) is 6.27. The van der Waals surface area contributed by atoms with Gasteiger partial charge in [-0.25, -0.2) is 0 Å². The highest BCUT2D eigenvalue weighted by molar-refractivity contribution is 5.66. The molecule has 0 atom stereocenters. The maximum Gasteiger partial charge on any atom is 0.304 e. The van der Waals surface area contributed by atoms with Crippen LogP contribution in [0.1, 0.15) is 26.2 Å². The molecule has 0 spiro atoms. The third-order valence-electron chi connectivity index (χ3n) is 1.58. The summed E-state index contributed by atoms with van der Waals surface area (Å²) < 4.78 is 5.27. The number of carbonyl (C=O) groups is 1. The maximum atomic E-state index is 10.1. The molecule has 2 N–H and O–H groups in total. The van der Waals surface area contributed by atoms with Crippen molar-refractivity contribution in [1.82, 2.24) is 5.32 Å². The molecule has 13 heavy (non-hydrogen) atoms. The van der Waals surface area contributed by atoms with Crippen LogP contribution in [0.25, 0.3) is 0 Å². The van der Waals surface area contributed by atoms with Crippen molar-refractivity contribution in [2.75, 3.05) is 26.3 Å². The molecule has 78 valence electrons. The van der Waals surface area contributed by atoms with Crippen molar-refractivity contribution in [3.8, 4) is 0 Å². The van der Waals surface area contributed by atoms with Gasteiger partial charge in [0.15, 0.2) is 0 Å². The van der Waals surface area contributed by atoms with Crippen molar-refractivity contribution in [2.24, 2.45) is 0 Å². The van der Waals surface area contributed by atoms with E-state index in [2.05, 4.69) is 12.2 Å². The molecule has 0 aromatic heterocycles. The van der Waals surface area contributed by atoms with E-state index in [9.17, 15) is 4.79 Å². The molecule has 0 fully saturated rings. The Morgan fingerprint density at radius 3 is 2.77 bits per heavy atom. The van der Waals surface area contributed by atoms with Crippen molar-refractivity contribution in [3.63, 3.8) is 0 Å². The second-order valence-electron chi connectivity index (χ2n) is 2.86. The number of hydrogen-bond donors (Lipinski definition) is 2. The second-order valence-corrected chi connectivity index (χ2v) is 2.86. The topological polar surface area (TPSA) is 58.6 Å². The molecular weight excluding hydrogens is 170 g/mol. The van der Waals surface area contributed by atoms with E-state index in [0.29, 0.717) is 13.2 Å². The number of hydrogen-bond acceptors (Lipinski definition) is 3. The number of carboxylic acids is 1. The smallest absolute Gasteiger partial charge is 0.304 e. The lowest BCUT2D eigenvalue weighted by atomic mass is 10.4. The van der Waals surface area contributed by atoms with Gasteiger partial charge in [-0.2, -0.15) is 0 Å². The maximum absolute atomic E-state index is 10.1. The zero-order chi connectivity index (χ0) is 9.94. The standard InChI is InChI=1S/C9H19NO3/c1-2-3-7-13-8-6-10-5-4-9(11)12/h10H,2-8H2,1H3,(H,11,12). The first kappa shape index (κ1) is 12.4. The molecule has 0 amide bonds. The molecule has 0 saturated heterocycles. The number of carboxylic acid groups (broad SMARTS) is 1. The molecule has 0 unspecified atom stereocenters. The van der Waals surface area contributed by atoms with E-state index < -0.39 is 5.97 Å². The normalized spacial score (nSPS) is 10.2. The predicted octanol–water partition coefficient (Wildman–Crippen LogP) is 0.867. The fraction of sp³-hybridized carbons (Fsp3) is 0.889. The molecule has 0 saturated carbocycles. The zero-order valence-corrected chi connectivity index (χ0v) is 8.21. The number of unbranched alkanes of at least 4 members (excludes halogenated alkanes) is 1. The lowest BCUT2D eigenvalue weighted by Crippen LogP contribution is -2.22. The molecule has 0 rings (SSSR count). The summed E-state index contributed by atoms with van der Waals surface area (Å²) >= 11 is 0. The third kappa shape index (κ3) is 11.4. The highest BCUT2D eigenvalue weighted by Gasteiger charge is 1.94. The highest BCUT2D eigenvalue weighted by atomic mass is 16.5. The quantitative estimate of drug-likeness (QED) is 0.528. The average molecular weight is 189 g/mol. The van der Waals surface area contributed by atoms with Crippen LogP contribution in [-0.4, -0.2) is 37.4 Å². The Morgan fingerprint density at radius 1 is 1.38 bits per heavy atom. The molecule has 0 aromatic carbocycles. The van der Waals surface area contributed by atoms with E-state index in [1.807, 2.05) is 0 Å². The lowest BCUT2D eigenvalue weighted by molar-refractivity contribution is -0.136. The predicted molar refractivity (Wildman–Crippen MR) is 50.8 cm³/mol. The van der Waals surface area contributed by atoms with Crippen LogP contribution < -0.4 is 5.32 Å². The number of aliphatic carboxylic acids is 1. The van der Waals surface area contributed by atoms with E-state index in [1.54, 1.807) is 0 Å². The average Bonchev–Trinajstić information content (AvgIpc) is 2.09. The molecule has 0 heterocycles. The van der Waals surface area contributed by atoms with E-state index in [4.69, 9.17) is 9.84 Å². The summed E-state index contributed by atoms with van der Waals surface area (Å²) in [5.74, 6) is -0.764. The summed E-state index contributed by atoms with van der Waals surface area (Å²) in [6.07, 6.45) is 2.41. The molecular formula is C9H19NO3. The van der Waals surface area contributed by atoms with Crippen molar-refractivity contribution >= 4 is 5.97 Å². The fourth-order valence-electron chi connectivity index (χ4n) is 0.813. The molecule has 4 nitrogen and oxygen atoms in total. The van der Waals surface area contributed by atoms with E-state index in [1.165, 1.54) is 0 Å². The van der Waals surface area contributed by atoms with Crippen molar-refractivity contribution in [3.05, 3.63) is 0 Å². The fourth-order valence-corrected chi connectivity index (χ4v) is 0.813. The highest BCUT2D eigenvalue weighted by Crippen LogP contribution is 1.86. The zero-order valence-electron chi connectivity index (χ0n) is 8.21. The Labute approximate surface area is 79.3 Å². The van der Waals surface area contributed by atoms with Gasteiger partial charge in [0.2, 0.25) is 0 Å².